The van der Waals surface area contributed by atoms with Crippen LogP contribution in [0.25, 0.3) is 0 Å². The number of aryl methyl sites for hydroxylation is 1. The second-order valence-electron chi connectivity index (χ2n) is 6.64. The molecule has 1 aromatic heterocycles. The quantitative estimate of drug-likeness (QED) is 0.693. The molecule has 2 heterocycles. The average molecular weight is 428 g/mol. The maximum atomic E-state index is 12.7. The predicted octanol–water partition coefficient (Wildman–Crippen LogP) is 0.107. The highest BCUT2D eigenvalue weighted by atomic mass is 32.2. The highest BCUT2D eigenvalue weighted by molar-refractivity contribution is 7.89. The van der Waals surface area contributed by atoms with Crippen molar-refractivity contribution in [2.45, 2.75) is 22.8 Å². The average Bonchev–Trinajstić information content (AvgIpc) is 3.09. The summed E-state index contributed by atoms with van der Waals surface area (Å²) in [5.41, 5.74) is 0.405. The molecule has 1 atom stereocenters. The molecule has 1 aromatic carbocycles. The van der Waals surface area contributed by atoms with Crippen LogP contribution in [-0.4, -0.2) is 49.7 Å². The van der Waals surface area contributed by atoms with Crippen molar-refractivity contribution < 1.29 is 21.6 Å². The van der Waals surface area contributed by atoms with Crippen molar-refractivity contribution >= 4 is 31.6 Å². The molecule has 0 bridgehead atoms. The van der Waals surface area contributed by atoms with Crippen LogP contribution in [-0.2, 0) is 31.9 Å². The first kappa shape index (κ1) is 20.5. The summed E-state index contributed by atoms with van der Waals surface area (Å²) in [5, 5.41) is 7.69. The first-order valence-corrected chi connectivity index (χ1v) is 11.5. The molecule has 1 fully saturated rings. The minimum absolute atomic E-state index is 0.0466. The third-order valence-electron chi connectivity index (χ3n) is 4.49. The molecule has 0 spiro atoms. The maximum absolute atomic E-state index is 12.7. The molecule has 1 aliphatic heterocycles. The summed E-state index contributed by atoms with van der Waals surface area (Å²) in [5.74, 6) is -0.852. The number of imidazole rings is 1. The summed E-state index contributed by atoms with van der Waals surface area (Å²) in [4.78, 5) is 16.4. The Morgan fingerprint density at radius 1 is 1.21 bits per heavy atom. The van der Waals surface area contributed by atoms with Crippen molar-refractivity contribution in [2.24, 2.45) is 18.1 Å². The van der Waals surface area contributed by atoms with Crippen LogP contribution in [0.4, 0.5) is 5.69 Å². The fourth-order valence-electron chi connectivity index (χ4n) is 3.00. The standard InChI is InChI=1S/C16H21N5O5S2/c1-20-10-15(18-11-20)28(25,26)21-8-2-3-12(9-21)16(22)19-13-4-6-14(7-5-13)27(17,23)24/h4-7,10-12H,2-3,8-9H2,1H3,(H,19,22)(H2,17,23,24)/t12-/m0/s1. The van der Waals surface area contributed by atoms with E-state index in [0.717, 1.165) is 0 Å². The van der Waals surface area contributed by atoms with Crippen molar-refractivity contribution in [1.29, 1.82) is 0 Å². The van der Waals surface area contributed by atoms with Gasteiger partial charge in [0.15, 0.2) is 5.03 Å². The van der Waals surface area contributed by atoms with Gasteiger partial charge < -0.3 is 9.88 Å². The molecule has 152 valence electrons. The molecule has 1 saturated heterocycles. The number of piperidine rings is 1. The van der Waals surface area contributed by atoms with Gasteiger partial charge >= 0.3 is 0 Å². The minimum Gasteiger partial charge on any atom is -0.339 e. The molecule has 28 heavy (non-hydrogen) atoms. The Morgan fingerprint density at radius 3 is 2.46 bits per heavy atom. The Balaban J connectivity index is 1.69. The van der Waals surface area contributed by atoms with E-state index in [2.05, 4.69) is 10.3 Å². The van der Waals surface area contributed by atoms with E-state index in [1.54, 1.807) is 11.6 Å². The summed E-state index contributed by atoms with van der Waals surface area (Å²) in [6.45, 7) is 0.381. The molecule has 12 heteroatoms. The third-order valence-corrected chi connectivity index (χ3v) is 7.17. The molecular weight excluding hydrogens is 406 g/mol. The second-order valence-corrected chi connectivity index (χ2v) is 10.1. The number of sulfonamides is 2. The molecule has 3 N–H and O–H groups in total. The Morgan fingerprint density at radius 2 is 1.89 bits per heavy atom. The van der Waals surface area contributed by atoms with E-state index in [1.807, 2.05) is 0 Å². The van der Waals surface area contributed by atoms with Crippen molar-refractivity contribution in [3.05, 3.63) is 36.8 Å². The zero-order chi connectivity index (χ0) is 20.5. The smallest absolute Gasteiger partial charge is 0.262 e. The zero-order valence-corrected chi connectivity index (χ0v) is 16.8. The Kier molecular flexibility index (Phi) is 5.57. The number of benzene rings is 1. The van der Waals surface area contributed by atoms with Crippen molar-refractivity contribution in [1.82, 2.24) is 13.9 Å². The molecule has 3 rings (SSSR count). The van der Waals surface area contributed by atoms with Crippen LogP contribution in [0, 0.1) is 5.92 Å². The normalized spacial score (nSPS) is 18.7. The van der Waals surface area contributed by atoms with Gasteiger partial charge in [-0.1, -0.05) is 0 Å². The van der Waals surface area contributed by atoms with Crippen LogP contribution in [0.1, 0.15) is 12.8 Å². The summed E-state index contributed by atoms with van der Waals surface area (Å²) in [6.07, 6.45) is 3.93. The van der Waals surface area contributed by atoms with Gasteiger partial charge in [0.05, 0.1) is 17.1 Å². The summed E-state index contributed by atoms with van der Waals surface area (Å²) in [7, 11) is -5.89. The molecule has 0 aliphatic carbocycles. The number of nitrogens with one attached hydrogen (secondary N) is 1. The summed E-state index contributed by atoms with van der Waals surface area (Å²) >= 11 is 0. The molecule has 0 unspecified atom stereocenters. The van der Waals surface area contributed by atoms with Gasteiger partial charge in [0.2, 0.25) is 15.9 Å². The van der Waals surface area contributed by atoms with Gasteiger partial charge in [-0.3, -0.25) is 4.79 Å². The van der Waals surface area contributed by atoms with Crippen molar-refractivity contribution in [2.75, 3.05) is 18.4 Å². The third kappa shape index (κ3) is 4.41. The Labute approximate surface area is 163 Å². The van der Waals surface area contributed by atoms with E-state index >= 15 is 0 Å². The molecule has 1 amide bonds. The van der Waals surface area contributed by atoms with Gasteiger partial charge in [-0.25, -0.2) is 27.0 Å². The largest absolute Gasteiger partial charge is 0.339 e. The number of primary sulfonamides is 1. The lowest BCUT2D eigenvalue weighted by atomic mass is 9.99. The monoisotopic (exact) mass is 427 g/mol. The van der Waals surface area contributed by atoms with Crippen LogP contribution in [0.2, 0.25) is 0 Å². The van der Waals surface area contributed by atoms with Gasteiger partial charge in [0.25, 0.3) is 10.0 Å². The van der Waals surface area contributed by atoms with Crippen LogP contribution >= 0.6 is 0 Å². The first-order valence-electron chi connectivity index (χ1n) is 8.49. The van der Waals surface area contributed by atoms with E-state index in [1.165, 1.54) is 41.1 Å². The van der Waals surface area contributed by atoms with Crippen molar-refractivity contribution in [3.8, 4) is 0 Å². The van der Waals surface area contributed by atoms with E-state index in [9.17, 15) is 21.6 Å². The lowest BCUT2D eigenvalue weighted by Crippen LogP contribution is -2.43. The van der Waals surface area contributed by atoms with Gasteiger partial charge in [-0.05, 0) is 37.1 Å². The fraction of sp³-hybridized carbons (Fsp3) is 0.375. The van der Waals surface area contributed by atoms with Gasteiger partial charge in [0.1, 0.15) is 0 Å². The van der Waals surface area contributed by atoms with Gasteiger partial charge in [0, 0.05) is 32.0 Å². The van der Waals surface area contributed by atoms with E-state index in [0.29, 0.717) is 25.1 Å². The molecule has 0 saturated carbocycles. The number of anilines is 1. The number of amides is 1. The molecule has 1 aliphatic rings. The highest BCUT2D eigenvalue weighted by Gasteiger charge is 2.34. The van der Waals surface area contributed by atoms with E-state index < -0.39 is 26.0 Å². The first-order chi connectivity index (χ1) is 13.1. The van der Waals surface area contributed by atoms with Crippen molar-refractivity contribution in [3.63, 3.8) is 0 Å². The molecular formula is C16H21N5O5S2. The zero-order valence-electron chi connectivity index (χ0n) is 15.1. The second kappa shape index (κ2) is 7.62. The highest BCUT2D eigenvalue weighted by Crippen LogP contribution is 2.24. The van der Waals surface area contributed by atoms with E-state index in [4.69, 9.17) is 5.14 Å². The molecule has 10 nitrogen and oxygen atoms in total. The van der Waals surface area contributed by atoms with Gasteiger partial charge in [-0.2, -0.15) is 4.31 Å². The number of carbonyl (C=O) groups excluding carboxylic acids is 1. The lowest BCUT2D eigenvalue weighted by molar-refractivity contribution is -0.120. The van der Waals surface area contributed by atoms with Crippen LogP contribution in [0.3, 0.4) is 0 Å². The van der Waals surface area contributed by atoms with Crippen LogP contribution in [0.15, 0.2) is 46.7 Å². The van der Waals surface area contributed by atoms with Crippen LogP contribution in [0.5, 0.6) is 0 Å². The fourth-order valence-corrected chi connectivity index (χ4v) is 5.01. The van der Waals surface area contributed by atoms with E-state index in [-0.39, 0.29) is 22.4 Å². The maximum Gasteiger partial charge on any atom is 0.262 e. The predicted molar refractivity (Wildman–Crippen MR) is 101 cm³/mol. The lowest BCUT2D eigenvalue weighted by Gasteiger charge is -2.30. The topological polar surface area (TPSA) is 144 Å². The number of hydrogen-bond donors (Lipinski definition) is 2. The minimum atomic E-state index is -3.81. The number of nitrogens with zero attached hydrogens (tertiary/aromatic N) is 3. The van der Waals surface area contributed by atoms with Gasteiger partial charge in [-0.15, -0.1) is 0 Å². The molecule has 0 radical (unpaired) electrons. The van der Waals surface area contributed by atoms with Crippen LogP contribution < -0.4 is 10.5 Å². The number of aromatic nitrogens is 2. The Hall–Kier alpha value is -2.28. The SMILES string of the molecule is Cn1cnc(S(=O)(=O)N2CCC[C@H](C(=O)Nc3ccc(S(N)(=O)=O)cc3)C2)c1. The molecule has 2 aromatic rings. The number of rotatable bonds is 5. The summed E-state index contributed by atoms with van der Waals surface area (Å²) in [6, 6.07) is 5.46. The summed E-state index contributed by atoms with van der Waals surface area (Å²) < 4.78 is 50.8. The number of carbonyl (C=O) groups is 1. The Bertz CT molecular complexity index is 1080. The number of nitrogens with two attached hydrogens (primary N) is 1. The number of hydrogen-bond acceptors (Lipinski definition) is 6.